The number of hydrogen-bond donors (Lipinski definition) is 2. The number of imide groups is 2. The highest BCUT2D eigenvalue weighted by Gasteiger charge is 2.46. The standard InChI is InChI=1S/C17H20N4O5/c1-19(9-14(22)18-11-3-4-11)10-20-15(23)16(24)21(17(20)25)12-5-7-13(26-2)8-6-12/h5-8,11H,3-4,9-10H2,1-2H3,(H,18,22)/p+1. The molecule has 9 nitrogen and oxygen atoms in total. The van der Waals surface area contributed by atoms with Crippen LogP contribution in [0.15, 0.2) is 24.3 Å². The summed E-state index contributed by atoms with van der Waals surface area (Å²) in [7, 11) is 3.19. The number of anilines is 1. The number of ether oxygens (including phenoxy) is 1. The summed E-state index contributed by atoms with van der Waals surface area (Å²) >= 11 is 0. The first-order valence-electron chi connectivity index (χ1n) is 8.35. The molecule has 0 aromatic heterocycles. The third-order valence-corrected chi connectivity index (χ3v) is 4.22. The molecule has 3 rings (SSSR count). The number of quaternary nitrogens is 1. The maximum absolute atomic E-state index is 12.6. The second-order valence-corrected chi connectivity index (χ2v) is 6.49. The van der Waals surface area contributed by atoms with Gasteiger partial charge in [-0.25, -0.2) is 14.6 Å². The molecule has 26 heavy (non-hydrogen) atoms. The number of carbonyl (C=O) groups excluding carboxylic acids is 4. The molecular formula is C17H21N4O5+. The Morgan fingerprint density at radius 3 is 2.42 bits per heavy atom. The molecule has 1 atom stereocenters. The van der Waals surface area contributed by atoms with Gasteiger partial charge >= 0.3 is 17.8 Å². The molecular weight excluding hydrogens is 340 g/mol. The summed E-state index contributed by atoms with van der Waals surface area (Å²) in [6.45, 7) is 0.0540. The van der Waals surface area contributed by atoms with Crippen LogP contribution in [0, 0.1) is 0 Å². The van der Waals surface area contributed by atoms with E-state index in [4.69, 9.17) is 4.74 Å². The van der Waals surface area contributed by atoms with Crippen LogP contribution in [0.3, 0.4) is 0 Å². The molecule has 0 spiro atoms. The lowest BCUT2D eigenvalue weighted by Crippen LogP contribution is -3.12. The molecule has 1 saturated heterocycles. The highest BCUT2D eigenvalue weighted by Crippen LogP contribution is 2.24. The zero-order chi connectivity index (χ0) is 18.8. The molecule has 5 amide bonds. The van der Waals surface area contributed by atoms with E-state index >= 15 is 0 Å². The summed E-state index contributed by atoms with van der Waals surface area (Å²) < 4.78 is 5.04. The van der Waals surface area contributed by atoms with Crippen molar-refractivity contribution in [2.24, 2.45) is 0 Å². The van der Waals surface area contributed by atoms with Gasteiger partial charge in [0.25, 0.3) is 5.91 Å². The molecule has 138 valence electrons. The Bertz CT molecular complexity index is 744. The number of hydrogen-bond acceptors (Lipinski definition) is 5. The van der Waals surface area contributed by atoms with Gasteiger partial charge < -0.3 is 15.0 Å². The Morgan fingerprint density at radius 2 is 1.85 bits per heavy atom. The maximum Gasteiger partial charge on any atom is 0.343 e. The molecule has 0 radical (unpaired) electrons. The van der Waals surface area contributed by atoms with Crippen molar-refractivity contribution in [3.8, 4) is 5.75 Å². The lowest BCUT2D eigenvalue weighted by atomic mass is 10.3. The van der Waals surface area contributed by atoms with Crippen LogP contribution in [0.2, 0.25) is 0 Å². The van der Waals surface area contributed by atoms with E-state index in [-0.39, 0.29) is 25.2 Å². The Labute approximate surface area is 150 Å². The smallest absolute Gasteiger partial charge is 0.343 e. The van der Waals surface area contributed by atoms with Crippen LogP contribution >= 0.6 is 0 Å². The van der Waals surface area contributed by atoms with E-state index in [0.717, 1.165) is 22.6 Å². The Kier molecular flexibility index (Phi) is 4.90. The molecule has 0 bridgehead atoms. The molecule has 9 heteroatoms. The minimum Gasteiger partial charge on any atom is -0.497 e. The fourth-order valence-corrected chi connectivity index (χ4v) is 2.71. The summed E-state index contributed by atoms with van der Waals surface area (Å²) in [5, 5.41) is 2.85. The number of urea groups is 1. The number of carbonyl (C=O) groups is 4. The summed E-state index contributed by atoms with van der Waals surface area (Å²) in [5.74, 6) is -1.37. The van der Waals surface area contributed by atoms with Crippen LogP contribution in [0.5, 0.6) is 5.75 Å². The average molecular weight is 361 g/mol. The van der Waals surface area contributed by atoms with Gasteiger partial charge in [-0.15, -0.1) is 0 Å². The quantitative estimate of drug-likeness (QED) is 0.467. The second-order valence-electron chi connectivity index (χ2n) is 6.49. The lowest BCUT2D eigenvalue weighted by Gasteiger charge is -2.19. The fraction of sp³-hybridized carbons (Fsp3) is 0.412. The van der Waals surface area contributed by atoms with E-state index < -0.39 is 17.8 Å². The van der Waals surface area contributed by atoms with Crippen LogP contribution in [-0.4, -0.2) is 62.1 Å². The molecule has 1 aliphatic heterocycles. The molecule has 1 saturated carbocycles. The highest BCUT2D eigenvalue weighted by atomic mass is 16.5. The summed E-state index contributed by atoms with van der Waals surface area (Å²) in [6, 6.07) is 5.80. The predicted octanol–water partition coefficient (Wildman–Crippen LogP) is -1.26. The average Bonchev–Trinajstić information content (AvgIpc) is 3.39. The minimum absolute atomic E-state index is 0.0614. The highest BCUT2D eigenvalue weighted by molar-refractivity contribution is 6.52. The lowest BCUT2D eigenvalue weighted by molar-refractivity contribution is -0.878. The van der Waals surface area contributed by atoms with Crippen molar-refractivity contribution in [1.29, 1.82) is 0 Å². The number of methoxy groups -OCH3 is 1. The summed E-state index contributed by atoms with van der Waals surface area (Å²) in [4.78, 5) is 51.2. The topological polar surface area (TPSA) is 100 Å². The number of likely N-dealkylation sites (N-methyl/N-ethyl adjacent to an activating group) is 1. The van der Waals surface area contributed by atoms with Crippen LogP contribution in [0.1, 0.15) is 12.8 Å². The maximum atomic E-state index is 12.6. The van der Waals surface area contributed by atoms with Gasteiger partial charge in [-0.2, -0.15) is 0 Å². The SMILES string of the molecule is COc1ccc(N2C(=O)C(=O)N(C[NH+](C)CC(=O)NC3CC3)C2=O)cc1. The van der Waals surface area contributed by atoms with E-state index in [1.165, 1.54) is 19.2 Å². The third-order valence-electron chi connectivity index (χ3n) is 4.22. The molecule has 1 unspecified atom stereocenters. The van der Waals surface area contributed by atoms with Gasteiger partial charge in [0, 0.05) is 6.04 Å². The Hall–Kier alpha value is -2.94. The normalized spacial score (nSPS) is 18.3. The second kappa shape index (κ2) is 7.12. The first-order valence-corrected chi connectivity index (χ1v) is 8.35. The van der Waals surface area contributed by atoms with Gasteiger partial charge in [0.05, 0.1) is 19.8 Å². The molecule has 1 aromatic carbocycles. The molecule has 2 aliphatic rings. The van der Waals surface area contributed by atoms with Gasteiger partial charge in [0.1, 0.15) is 5.75 Å². The number of nitrogens with one attached hydrogen (secondary N) is 2. The zero-order valence-electron chi connectivity index (χ0n) is 14.7. The van der Waals surface area contributed by atoms with Gasteiger partial charge in [0.15, 0.2) is 13.2 Å². The van der Waals surface area contributed by atoms with Crippen molar-refractivity contribution in [3.05, 3.63) is 24.3 Å². The van der Waals surface area contributed by atoms with Gasteiger partial charge in [-0.3, -0.25) is 14.4 Å². The number of nitrogens with zero attached hydrogens (tertiary/aromatic N) is 2. The number of benzene rings is 1. The number of amides is 5. The van der Waals surface area contributed by atoms with E-state index in [2.05, 4.69) is 5.32 Å². The summed E-state index contributed by atoms with van der Waals surface area (Å²) in [6.07, 6.45) is 1.97. The van der Waals surface area contributed by atoms with Crippen molar-refractivity contribution < 1.29 is 28.8 Å². The van der Waals surface area contributed by atoms with Crippen molar-refractivity contribution in [2.45, 2.75) is 18.9 Å². The molecule has 2 fully saturated rings. The van der Waals surface area contributed by atoms with E-state index in [0.29, 0.717) is 16.3 Å². The Morgan fingerprint density at radius 1 is 1.19 bits per heavy atom. The van der Waals surface area contributed by atoms with Crippen LogP contribution in [0.4, 0.5) is 10.5 Å². The van der Waals surface area contributed by atoms with Crippen molar-refractivity contribution >= 4 is 29.4 Å². The third kappa shape index (κ3) is 3.67. The van der Waals surface area contributed by atoms with E-state index in [1.54, 1.807) is 19.2 Å². The number of rotatable bonds is 7. The van der Waals surface area contributed by atoms with Crippen LogP contribution in [0.25, 0.3) is 0 Å². The molecule has 1 heterocycles. The first-order chi connectivity index (χ1) is 12.4. The monoisotopic (exact) mass is 361 g/mol. The molecule has 1 aromatic rings. The van der Waals surface area contributed by atoms with Crippen LogP contribution < -0.4 is 19.9 Å². The molecule has 2 N–H and O–H groups in total. The Balaban J connectivity index is 1.66. The van der Waals surface area contributed by atoms with Crippen molar-refractivity contribution in [2.75, 3.05) is 32.3 Å². The predicted molar refractivity (Wildman–Crippen MR) is 90.5 cm³/mol. The van der Waals surface area contributed by atoms with Crippen molar-refractivity contribution in [3.63, 3.8) is 0 Å². The van der Waals surface area contributed by atoms with Gasteiger partial charge in [0.2, 0.25) is 0 Å². The first kappa shape index (κ1) is 17.9. The van der Waals surface area contributed by atoms with Gasteiger partial charge in [-0.05, 0) is 37.1 Å². The van der Waals surface area contributed by atoms with Crippen molar-refractivity contribution in [1.82, 2.24) is 10.2 Å². The molecule has 1 aliphatic carbocycles. The summed E-state index contributed by atoms with van der Waals surface area (Å²) in [5.41, 5.74) is 0.292. The van der Waals surface area contributed by atoms with E-state index in [1.807, 2.05) is 0 Å². The minimum atomic E-state index is -0.907. The zero-order valence-corrected chi connectivity index (χ0v) is 14.7. The van der Waals surface area contributed by atoms with E-state index in [9.17, 15) is 19.2 Å². The largest absolute Gasteiger partial charge is 0.497 e. The fourth-order valence-electron chi connectivity index (χ4n) is 2.71. The van der Waals surface area contributed by atoms with Gasteiger partial charge in [-0.1, -0.05) is 0 Å². The van der Waals surface area contributed by atoms with Crippen LogP contribution in [-0.2, 0) is 14.4 Å².